The van der Waals surface area contributed by atoms with Crippen molar-refractivity contribution >= 4 is 17.6 Å². The van der Waals surface area contributed by atoms with Crippen LogP contribution >= 0.6 is 0 Å². The lowest BCUT2D eigenvalue weighted by Crippen LogP contribution is -2.21. The molecule has 0 radical (unpaired) electrons. The summed E-state index contributed by atoms with van der Waals surface area (Å²) in [4.78, 5) is 12.3. The van der Waals surface area contributed by atoms with Gasteiger partial charge in [0.2, 0.25) is 5.91 Å². The Kier molecular flexibility index (Phi) is 2.80. The monoisotopic (exact) mass is 265 g/mol. The van der Waals surface area contributed by atoms with Gasteiger partial charge in [-0.05, 0) is 10.8 Å². The molecule has 0 atom stereocenters. The Morgan fingerprint density at radius 3 is 2.53 bits per heavy atom. The Labute approximate surface area is 111 Å². The van der Waals surface area contributed by atoms with Gasteiger partial charge in [-0.2, -0.15) is 5.10 Å². The number of nitrogens with zero attached hydrogens (tertiary/aromatic N) is 2. The molecule has 19 heavy (non-hydrogen) atoms. The molecule has 0 spiro atoms. The Morgan fingerprint density at radius 2 is 2.05 bits per heavy atom. The average Bonchev–Trinajstić information content (AvgIpc) is 2.68. The van der Waals surface area contributed by atoms with E-state index >= 15 is 0 Å². The van der Waals surface area contributed by atoms with Crippen LogP contribution in [0.1, 0.15) is 33.3 Å². The molecule has 0 aromatic carbocycles. The fourth-order valence-corrected chi connectivity index (χ4v) is 2.68. The van der Waals surface area contributed by atoms with Gasteiger partial charge < -0.3 is 16.3 Å². The van der Waals surface area contributed by atoms with Gasteiger partial charge in [0, 0.05) is 5.92 Å². The Morgan fingerprint density at radius 1 is 1.47 bits per heavy atom. The number of oxime groups is 1. The zero-order chi connectivity index (χ0) is 14.4. The van der Waals surface area contributed by atoms with Crippen molar-refractivity contribution < 1.29 is 10.0 Å². The van der Waals surface area contributed by atoms with E-state index in [1.807, 2.05) is 0 Å². The molecule has 1 fully saturated rings. The van der Waals surface area contributed by atoms with Gasteiger partial charge in [0.25, 0.3) is 0 Å². The lowest BCUT2D eigenvalue weighted by atomic mass is 10.0. The molecule has 2 rings (SSSR count). The molecule has 0 unspecified atom stereocenters. The largest absolute Gasteiger partial charge is 0.409 e. The number of nitrogens with two attached hydrogens (primary N) is 1. The number of hydrogen-bond donors (Lipinski definition) is 4. The third-order valence-electron chi connectivity index (χ3n) is 4.55. The van der Waals surface area contributed by atoms with Crippen molar-refractivity contribution in [3.63, 3.8) is 0 Å². The van der Waals surface area contributed by atoms with Gasteiger partial charge in [-0.3, -0.25) is 9.89 Å². The first-order valence-corrected chi connectivity index (χ1v) is 6.05. The molecule has 1 aromatic rings. The van der Waals surface area contributed by atoms with E-state index in [1.165, 1.54) is 6.20 Å². The number of H-pyrrole nitrogens is 1. The fraction of sp³-hybridized carbons (Fsp3) is 0.583. The third-order valence-corrected chi connectivity index (χ3v) is 4.55. The summed E-state index contributed by atoms with van der Waals surface area (Å²) in [7, 11) is 0. The SMILES string of the molecule is CC1(C)C(C(=O)Nc2[nH]ncc2C(N)=NO)C1(C)C. The predicted molar refractivity (Wildman–Crippen MR) is 70.8 cm³/mol. The highest BCUT2D eigenvalue weighted by Gasteiger charge is 2.68. The van der Waals surface area contributed by atoms with Crippen molar-refractivity contribution in [2.45, 2.75) is 27.7 Å². The molecule has 0 bridgehead atoms. The molecule has 1 amide bonds. The van der Waals surface area contributed by atoms with Crippen LogP contribution in [0.15, 0.2) is 11.4 Å². The molecule has 1 aliphatic rings. The van der Waals surface area contributed by atoms with Gasteiger partial charge in [-0.15, -0.1) is 0 Å². The highest BCUT2D eigenvalue weighted by Crippen LogP contribution is 2.68. The molecule has 1 aliphatic carbocycles. The lowest BCUT2D eigenvalue weighted by molar-refractivity contribution is -0.118. The quantitative estimate of drug-likeness (QED) is 0.283. The number of amidine groups is 1. The van der Waals surface area contributed by atoms with E-state index in [9.17, 15) is 4.79 Å². The highest BCUT2D eigenvalue weighted by molar-refractivity contribution is 6.05. The smallest absolute Gasteiger partial charge is 0.229 e. The van der Waals surface area contributed by atoms with Crippen molar-refractivity contribution in [1.29, 1.82) is 0 Å². The standard InChI is InChI=1S/C12H19N5O2/c1-11(2)7(12(11,3)4)10(18)15-9-6(5-14-16-9)8(13)17-19/h5,7,19H,1-4H3,(H2,13,17)(H2,14,15,16,18). The summed E-state index contributed by atoms with van der Waals surface area (Å²) in [5.41, 5.74) is 5.77. The molecular formula is C12H19N5O2. The van der Waals surface area contributed by atoms with Gasteiger partial charge >= 0.3 is 0 Å². The first-order chi connectivity index (χ1) is 8.73. The topological polar surface area (TPSA) is 116 Å². The highest BCUT2D eigenvalue weighted by atomic mass is 16.4. The molecule has 0 aliphatic heterocycles. The van der Waals surface area contributed by atoms with E-state index in [2.05, 4.69) is 48.4 Å². The normalized spacial score (nSPS) is 21.2. The summed E-state index contributed by atoms with van der Waals surface area (Å²) >= 11 is 0. The Balaban J connectivity index is 2.16. The molecule has 104 valence electrons. The van der Waals surface area contributed by atoms with Crippen molar-refractivity contribution in [1.82, 2.24) is 10.2 Å². The molecule has 7 nitrogen and oxygen atoms in total. The van der Waals surface area contributed by atoms with Crippen molar-refractivity contribution in [2.24, 2.45) is 27.6 Å². The van der Waals surface area contributed by atoms with E-state index in [1.54, 1.807) is 0 Å². The van der Waals surface area contributed by atoms with Gasteiger partial charge in [-0.25, -0.2) is 0 Å². The minimum atomic E-state index is -0.0987. The van der Waals surface area contributed by atoms with Crippen LogP contribution < -0.4 is 11.1 Å². The molecule has 0 saturated heterocycles. The molecular weight excluding hydrogens is 246 g/mol. The van der Waals surface area contributed by atoms with Gasteiger partial charge in [-0.1, -0.05) is 32.9 Å². The molecule has 1 saturated carbocycles. The van der Waals surface area contributed by atoms with Crippen LogP contribution in [0.25, 0.3) is 0 Å². The number of carbonyl (C=O) groups is 1. The molecule has 1 heterocycles. The first kappa shape index (κ1) is 13.4. The van der Waals surface area contributed by atoms with Crippen LogP contribution in [-0.4, -0.2) is 27.1 Å². The van der Waals surface area contributed by atoms with Gasteiger partial charge in [0.15, 0.2) is 5.84 Å². The van der Waals surface area contributed by atoms with Crippen LogP contribution in [0.3, 0.4) is 0 Å². The number of rotatable bonds is 3. The maximum atomic E-state index is 12.3. The second-order valence-electron chi connectivity index (χ2n) is 6.01. The predicted octanol–water partition coefficient (Wildman–Crippen LogP) is 1.12. The number of amides is 1. The number of aromatic nitrogens is 2. The zero-order valence-electron chi connectivity index (χ0n) is 11.5. The van der Waals surface area contributed by atoms with Crippen LogP contribution in [0.2, 0.25) is 0 Å². The second-order valence-corrected chi connectivity index (χ2v) is 6.01. The van der Waals surface area contributed by atoms with Crippen LogP contribution in [0, 0.1) is 16.7 Å². The fourth-order valence-electron chi connectivity index (χ4n) is 2.68. The minimum Gasteiger partial charge on any atom is -0.409 e. The number of anilines is 1. The van der Waals surface area contributed by atoms with Gasteiger partial charge in [0.1, 0.15) is 5.82 Å². The summed E-state index contributed by atoms with van der Waals surface area (Å²) in [6.45, 7) is 8.26. The third kappa shape index (κ3) is 1.85. The number of nitrogens with one attached hydrogen (secondary N) is 2. The van der Waals surface area contributed by atoms with Crippen molar-refractivity contribution in [3.05, 3.63) is 11.8 Å². The van der Waals surface area contributed by atoms with Crippen molar-refractivity contribution in [3.8, 4) is 0 Å². The van der Waals surface area contributed by atoms with Crippen LogP contribution in [-0.2, 0) is 4.79 Å². The number of aromatic amines is 1. The van der Waals surface area contributed by atoms with Gasteiger partial charge in [0.05, 0.1) is 11.8 Å². The van der Waals surface area contributed by atoms with E-state index < -0.39 is 0 Å². The summed E-state index contributed by atoms with van der Waals surface area (Å²) < 4.78 is 0. The van der Waals surface area contributed by atoms with E-state index in [-0.39, 0.29) is 28.5 Å². The van der Waals surface area contributed by atoms with E-state index in [0.717, 1.165) is 0 Å². The number of hydrogen-bond acceptors (Lipinski definition) is 4. The molecule has 5 N–H and O–H groups in total. The zero-order valence-corrected chi connectivity index (χ0v) is 11.5. The molecule has 7 heteroatoms. The van der Waals surface area contributed by atoms with Crippen molar-refractivity contribution in [2.75, 3.05) is 5.32 Å². The lowest BCUT2D eigenvalue weighted by Gasteiger charge is -2.06. The Hall–Kier alpha value is -2.05. The average molecular weight is 265 g/mol. The maximum Gasteiger partial charge on any atom is 0.229 e. The number of carbonyl (C=O) groups excluding carboxylic acids is 1. The van der Waals surface area contributed by atoms with E-state index in [4.69, 9.17) is 10.9 Å². The maximum absolute atomic E-state index is 12.3. The first-order valence-electron chi connectivity index (χ1n) is 6.05. The summed E-state index contributed by atoms with van der Waals surface area (Å²) in [6, 6.07) is 0. The summed E-state index contributed by atoms with van der Waals surface area (Å²) in [6.07, 6.45) is 1.40. The van der Waals surface area contributed by atoms with E-state index in [0.29, 0.717) is 11.4 Å². The Bertz CT molecular complexity index is 530. The molecule has 1 aromatic heterocycles. The summed E-state index contributed by atoms with van der Waals surface area (Å²) in [5, 5.41) is 20.7. The summed E-state index contributed by atoms with van der Waals surface area (Å²) in [5.74, 6) is 0.0758. The minimum absolute atomic E-state index is 0.0477. The van der Waals surface area contributed by atoms with Crippen LogP contribution in [0.5, 0.6) is 0 Å². The second kappa shape index (κ2) is 3.97. The van der Waals surface area contributed by atoms with Crippen LogP contribution in [0.4, 0.5) is 5.82 Å².